The van der Waals surface area contributed by atoms with Crippen LogP contribution in [0.25, 0.3) is 0 Å². The van der Waals surface area contributed by atoms with Crippen LogP contribution in [-0.4, -0.2) is 18.0 Å². The summed E-state index contributed by atoms with van der Waals surface area (Å²) in [6.45, 7) is 3.73. The van der Waals surface area contributed by atoms with Crippen LogP contribution < -0.4 is 16.0 Å². The van der Waals surface area contributed by atoms with Crippen LogP contribution >= 0.6 is 0 Å². The number of hydrogen-bond donors (Lipinski definition) is 3. The van der Waals surface area contributed by atoms with Gasteiger partial charge in [-0.1, -0.05) is 50.2 Å². The first-order valence-corrected chi connectivity index (χ1v) is 8.11. The van der Waals surface area contributed by atoms with Crippen molar-refractivity contribution in [2.24, 2.45) is 5.92 Å². The first-order valence-electron chi connectivity index (χ1n) is 8.11. The molecule has 0 saturated carbocycles. The summed E-state index contributed by atoms with van der Waals surface area (Å²) in [7, 11) is 0. The van der Waals surface area contributed by atoms with E-state index in [-0.39, 0.29) is 24.2 Å². The van der Waals surface area contributed by atoms with Gasteiger partial charge < -0.3 is 16.0 Å². The third kappa shape index (κ3) is 5.60. The maximum atomic E-state index is 13.6. The van der Waals surface area contributed by atoms with Gasteiger partial charge in [0, 0.05) is 17.8 Å². The van der Waals surface area contributed by atoms with E-state index in [0.717, 1.165) is 0 Å². The lowest BCUT2D eigenvalue weighted by atomic mass is 10.0. The zero-order chi connectivity index (χ0) is 18.2. The predicted molar refractivity (Wildman–Crippen MR) is 95.5 cm³/mol. The molecule has 0 unspecified atom stereocenters. The third-order valence-electron chi connectivity index (χ3n) is 3.68. The average Bonchev–Trinajstić information content (AvgIpc) is 2.59. The number of carbonyl (C=O) groups excluding carboxylic acids is 2. The van der Waals surface area contributed by atoms with Gasteiger partial charge in [0.25, 0.3) is 0 Å². The summed E-state index contributed by atoms with van der Waals surface area (Å²) in [5.74, 6) is -0.859. The Bertz CT molecular complexity index is 720. The van der Waals surface area contributed by atoms with Crippen LogP contribution in [0.15, 0.2) is 54.6 Å². The highest BCUT2D eigenvalue weighted by molar-refractivity contribution is 5.93. The van der Waals surface area contributed by atoms with Gasteiger partial charge in [0.05, 0.1) is 0 Å². The number of benzene rings is 2. The number of anilines is 1. The van der Waals surface area contributed by atoms with Crippen molar-refractivity contribution in [1.29, 1.82) is 0 Å². The summed E-state index contributed by atoms with van der Waals surface area (Å²) in [6, 6.07) is 14.0. The average molecular weight is 343 g/mol. The second kappa shape index (κ2) is 8.82. The SMILES string of the molecule is CC(C)[C@H](NC(=O)Nc1ccccc1)C(=O)NCc1ccccc1F. The van der Waals surface area contributed by atoms with Crippen molar-refractivity contribution < 1.29 is 14.0 Å². The summed E-state index contributed by atoms with van der Waals surface area (Å²) < 4.78 is 13.6. The van der Waals surface area contributed by atoms with Gasteiger partial charge in [0.1, 0.15) is 11.9 Å². The van der Waals surface area contributed by atoms with Crippen molar-refractivity contribution in [3.8, 4) is 0 Å². The van der Waals surface area contributed by atoms with E-state index in [1.165, 1.54) is 6.07 Å². The molecule has 0 aromatic heterocycles. The Morgan fingerprint density at radius 2 is 1.64 bits per heavy atom. The fraction of sp³-hybridized carbons (Fsp3) is 0.263. The molecule has 3 N–H and O–H groups in total. The van der Waals surface area contributed by atoms with E-state index in [4.69, 9.17) is 0 Å². The standard InChI is InChI=1S/C19H22FN3O2/c1-13(2)17(23-19(25)22-15-9-4-3-5-10-15)18(24)21-12-14-8-6-7-11-16(14)20/h3-11,13,17H,12H2,1-2H3,(H,21,24)(H2,22,23,25)/t17-/m0/s1. The third-order valence-corrected chi connectivity index (χ3v) is 3.68. The van der Waals surface area contributed by atoms with Gasteiger partial charge >= 0.3 is 6.03 Å². The van der Waals surface area contributed by atoms with Gasteiger partial charge in [-0.15, -0.1) is 0 Å². The number of urea groups is 1. The first kappa shape index (κ1) is 18.4. The minimum atomic E-state index is -0.726. The Morgan fingerprint density at radius 1 is 1.00 bits per heavy atom. The molecule has 0 fully saturated rings. The van der Waals surface area contributed by atoms with Crippen LogP contribution in [-0.2, 0) is 11.3 Å². The number of rotatable bonds is 6. The summed E-state index contributed by atoms with van der Waals surface area (Å²) in [5.41, 5.74) is 1.03. The van der Waals surface area contributed by atoms with Crippen molar-refractivity contribution in [3.63, 3.8) is 0 Å². The maximum Gasteiger partial charge on any atom is 0.319 e. The molecular formula is C19H22FN3O2. The molecule has 0 radical (unpaired) electrons. The molecular weight excluding hydrogens is 321 g/mol. The van der Waals surface area contributed by atoms with Crippen molar-refractivity contribution in [2.75, 3.05) is 5.32 Å². The summed E-state index contributed by atoms with van der Waals surface area (Å²) in [6.07, 6.45) is 0. The quantitative estimate of drug-likeness (QED) is 0.753. The van der Waals surface area contributed by atoms with Crippen LogP contribution in [0.4, 0.5) is 14.9 Å². The number of carbonyl (C=O) groups is 2. The monoisotopic (exact) mass is 343 g/mol. The lowest BCUT2D eigenvalue weighted by molar-refractivity contribution is -0.124. The zero-order valence-electron chi connectivity index (χ0n) is 14.3. The van der Waals surface area contributed by atoms with Crippen LogP contribution in [0.3, 0.4) is 0 Å². The number of amides is 3. The largest absolute Gasteiger partial charge is 0.350 e. The zero-order valence-corrected chi connectivity index (χ0v) is 14.3. The molecule has 0 aliphatic carbocycles. The summed E-state index contributed by atoms with van der Waals surface area (Å²) in [5, 5.41) is 8.00. The van der Waals surface area contributed by atoms with E-state index in [0.29, 0.717) is 11.3 Å². The predicted octanol–water partition coefficient (Wildman–Crippen LogP) is 3.29. The maximum absolute atomic E-state index is 13.6. The molecule has 2 aromatic carbocycles. The second-order valence-corrected chi connectivity index (χ2v) is 6.00. The van der Waals surface area contributed by atoms with E-state index >= 15 is 0 Å². The van der Waals surface area contributed by atoms with Crippen LogP contribution in [0.5, 0.6) is 0 Å². The van der Waals surface area contributed by atoms with Gasteiger partial charge in [0.15, 0.2) is 0 Å². The molecule has 2 rings (SSSR count). The first-order chi connectivity index (χ1) is 12.0. The number of halogens is 1. The minimum Gasteiger partial charge on any atom is -0.350 e. The minimum absolute atomic E-state index is 0.0662. The Morgan fingerprint density at radius 3 is 2.28 bits per heavy atom. The molecule has 0 aliphatic rings. The Labute approximate surface area is 146 Å². The van der Waals surface area contributed by atoms with Crippen molar-refractivity contribution in [3.05, 3.63) is 66.0 Å². The van der Waals surface area contributed by atoms with Crippen LogP contribution in [0.1, 0.15) is 19.4 Å². The molecule has 0 spiro atoms. The molecule has 25 heavy (non-hydrogen) atoms. The Hall–Kier alpha value is -2.89. The highest BCUT2D eigenvalue weighted by Gasteiger charge is 2.24. The Kier molecular flexibility index (Phi) is 6.51. The molecule has 132 valence electrons. The fourth-order valence-corrected chi connectivity index (χ4v) is 2.30. The summed E-state index contributed by atoms with van der Waals surface area (Å²) in [4.78, 5) is 24.5. The van der Waals surface area contributed by atoms with E-state index in [1.54, 1.807) is 42.5 Å². The normalized spacial score (nSPS) is 11.7. The van der Waals surface area contributed by atoms with E-state index in [1.807, 2.05) is 19.9 Å². The number of nitrogens with one attached hydrogen (secondary N) is 3. The van der Waals surface area contributed by atoms with Gasteiger partial charge in [-0.3, -0.25) is 4.79 Å². The lowest BCUT2D eigenvalue weighted by Crippen LogP contribution is -2.50. The van der Waals surface area contributed by atoms with Gasteiger partial charge in [-0.25, -0.2) is 9.18 Å². The Balaban J connectivity index is 1.93. The molecule has 0 aliphatic heterocycles. The van der Waals surface area contributed by atoms with E-state index in [9.17, 15) is 14.0 Å². The molecule has 3 amide bonds. The van der Waals surface area contributed by atoms with Crippen LogP contribution in [0, 0.1) is 11.7 Å². The van der Waals surface area contributed by atoms with Crippen LogP contribution in [0.2, 0.25) is 0 Å². The highest BCUT2D eigenvalue weighted by Crippen LogP contribution is 2.08. The van der Waals surface area contributed by atoms with Gasteiger partial charge in [0.2, 0.25) is 5.91 Å². The molecule has 0 saturated heterocycles. The molecule has 0 bridgehead atoms. The second-order valence-electron chi connectivity index (χ2n) is 6.00. The van der Waals surface area contributed by atoms with Crippen molar-refractivity contribution in [2.45, 2.75) is 26.4 Å². The molecule has 0 heterocycles. The molecule has 5 nitrogen and oxygen atoms in total. The van der Waals surface area contributed by atoms with Gasteiger partial charge in [-0.05, 0) is 24.1 Å². The lowest BCUT2D eigenvalue weighted by Gasteiger charge is -2.22. The van der Waals surface area contributed by atoms with Crippen molar-refractivity contribution >= 4 is 17.6 Å². The fourth-order valence-electron chi connectivity index (χ4n) is 2.30. The highest BCUT2D eigenvalue weighted by atomic mass is 19.1. The topological polar surface area (TPSA) is 70.2 Å². The smallest absolute Gasteiger partial charge is 0.319 e. The molecule has 1 atom stereocenters. The van der Waals surface area contributed by atoms with E-state index in [2.05, 4.69) is 16.0 Å². The van der Waals surface area contributed by atoms with Crippen molar-refractivity contribution in [1.82, 2.24) is 10.6 Å². The molecule has 2 aromatic rings. The number of hydrogen-bond acceptors (Lipinski definition) is 2. The van der Waals surface area contributed by atoms with Gasteiger partial charge in [-0.2, -0.15) is 0 Å². The van der Waals surface area contributed by atoms with E-state index < -0.39 is 12.1 Å². The number of para-hydroxylation sites is 1. The molecule has 6 heteroatoms. The summed E-state index contributed by atoms with van der Waals surface area (Å²) >= 11 is 0.